The molecular weight excluding hydrogens is 651 g/mol. The van der Waals surface area contributed by atoms with Crippen molar-refractivity contribution in [1.29, 1.82) is 0 Å². The molecule has 0 radical (unpaired) electrons. The Morgan fingerprint density at radius 3 is 1.93 bits per heavy atom. The summed E-state index contributed by atoms with van der Waals surface area (Å²) in [5, 5.41) is 8.81. The average molecular weight is 670 g/mol. The SMILES string of the molecule is O=C(O)CCCc1ccc(C(CCC(F)(F)C(F)(F)C(F)(C(F)(F)F)C(F)(F)F)NS(=O)(=O)c2ccc(Cl)cc2)s1. The molecule has 0 amide bonds. The van der Waals surface area contributed by atoms with Gasteiger partial charge in [-0.05, 0) is 55.7 Å². The number of thiophene rings is 1. The van der Waals surface area contributed by atoms with Gasteiger partial charge in [0.05, 0.1) is 10.9 Å². The van der Waals surface area contributed by atoms with Gasteiger partial charge in [-0.3, -0.25) is 4.79 Å². The largest absolute Gasteiger partial charge is 0.481 e. The lowest BCUT2D eigenvalue weighted by Gasteiger charge is -2.39. The lowest BCUT2D eigenvalue weighted by atomic mass is 9.88. The first-order valence-corrected chi connectivity index (χ1v) is 13.8. The first-order valence-electron chi connectivity index (χ1n) is 11.1. The lowest BCUT2D eigenvalue weighted by Crippen LogP contribution is -2.70. The Bertz CT molecular complexity index is 1300. The zero-order valence-corrected chi connectivity index (χ0v) is 22.5. The number of carboxylic acids is 1. The number of benzene rings is 1. The van der Waals surface area contributed by atoms with Crippen molar-refractivity contribution in [2.24, 2.45) is 0 Å². The molecule has 232 valence electrons. The number of hydrogen-bond donors (Lipinski definition) is 2. The van der Waals surface area contributed by atoms with E-state index in [4.69, 9.17) is 16.7 Å². The molecule has 0 saturated heterocycles. The van der Waals surface area contributed by atoms with Crippen molar-refractivity contribution < 1.29 is 66.6 Å². The van der Waals surface area contributed by atoms with Crippen molar-refractivity contribution in [3.63, 3.8) is 0 Å². The van der Waals surface area contributed by atoms with Crippen LogP contribution in [0.25, 0.3) is 0 Å². The first-order chi connectivity index (χ1) is 18.5. The predicted octanol–water partition coefficient (Wildman–Crippen LogP) is 7.71. The average Bonchev–Trinajstić information content (AvgIpc) is 3.28. The maximum absolute atomic E-state index is 14.4. The molecule has 1 unspecified atom stereocenters. The molecule has 2 rings (SSSR count). The van der Waals surface area contributed by atoms with Crippen molar-refractivity contribution in [3.05, 3.63) is 51.2 Å². The number of aliphatic carboxylic acids is 1. The third-order valence-electron chi connectivity index (χ3n) is 5.68. The molecule has 19 heteroatoms. The summed E-state index contributed by atoms with van der Waals surface area (Å²) in [4.78, 5) is 10.4. The van der Waals surface area contributed by atoms with E-state index >= 15 is 0 Å². The minimum Gasteiger partial charge on any atom is -0.481 e. The highest BCUT2D eigenvalue weighted by Gasteiger charge is 2.89. The number of aryl methyl sites for hydroxylation is 1. The Kier molecular flexibility index (Phi) is 10.4. The minimum atomic E-state index is -7.63. The van der Waals surface area contributed by atoms with Crippen LogP contribution in [0.1, 0.15) is 41.5 Å². The summed E-state index contributed by atoms with van der Waals surface area (Å²) in [5.74, 6) is -14.8. The van der Waals surface area contributed by atoms with Crippen LogP contribution < -0.4 is 4.72 Å². The highest BCUT2D eigenvalue weighted by atomic mass is 35.5. The summed E-state index contributed by atoms with van der Waals surface area (Å²) in [5.41, 5.74) is -7.63. The first kappa shape index (κ1) is 35.0. The van der Waals surface area contributed by atoms with E-state index in [1.54, 1.807) is 0 Å². The van der Waals surface area contributed by atoms with Gasteiger partial charge in [0.15, 0.2) is 0 Å². The number of sulfonamides is 1. The van der Waals surface area contributed by atoms with Gasteiger partial charge < -0.3 is 5.11 Å². The van der Waals surface area contributed by atoms with E-state index in [0.29, 0.717) is 16.2 Å². The van der Waals surface area contributed by atoms with Crippen LogP contribution in [0.15, 0.2) is 41.3 Å². The van der Waals surface area contributed by atoms with Gasteiger partial charge in [0.25, 0.3) is 0 Å². The highest BCUT2D eigenvalue weighted by molar-refractivity contribution is 7.89. The molecule has 2 aromatic rings. The van der Waals surface area contributed by atoms with Gasteiger partial charge in [0.1, 0.15) is 0 Å². The maximum atomic E-state index is 14.4. The van der Waals surface area contributed by atoms with Gasteiger partial charge in [0.2, 0.25) is 10.0 Å². The third kappa shape index (κ3) is 7.62. The van der Waals surface area contributed by atoms with Crippen molar-refractivity contribution in [3.8, 4) is 0 Å². The molecule has 0 spiro atoms. The van der Waals surface area contributed by atoms with Gasteiger partial charge in [0, 0.05) is 27.6 Å². The van der Waals surface area contributed by atoms with Crippen LogP contribution in [0.4, 0.5) is 48.3 Å². The molecule has 2 N–H and O–H groups in total. The number of nitrogens with one attached hydrogen (secondary N) is 1. The van der Waals surface area contributed by atoms with E-state index in [1.165, 1.54) is 6.07 Å². The Balaban J connectivity index is 2.45. The molecular formula is C22H19ClF11NO4S2. The second-order valence-electron chi connectivity index (χ2n) is 8.65. The lowest BCUT2D eigenvalue weighted by molar-refractivity contribution is -0.427. The van der Waals surface area contributed by atoms with Crippen LogP contribution in [0.2, 0.25) is 5.02 Å². The van der Waals surface area contributed by atoms with Crippen molar-refractivity contribution >= 4 is 38.9 Å². The fourth-order valence-electron chi connectivity index (χ4n) is 3.51. The van der Waals surface area contributed by atoms with E-state index in [1.807, 2.05) is 4.72 Å². The summed E-state index contributed by atoms with van der Waals surface area (Å²) >= 11 is 6.37. The number of carboxylic acid groups (broad SMARTS) is 1. The fraction of sp³-hybridized carbons (Fsp3) is 0.500. The molecule has 0 saturated carbocycles. The molecule has 41 heavy (non-hydrogen) atoms. The Morgan fingerprint density at radius 2 is 1.44 bits per heavy atom. The van der Waals surface area contributed by atoms with Crippen LogP contribution in [-0.2, 0) is 21.2 Å². The third-order valence-corrected chi connectivity index (χ3v) is 8.68. The summed E-state index contributed by atoms with van der Waals surface area (Å²) < 4.78 is 176. The molecule has 1 atom stereocenters. The van der Waals surface area contributed by atoms with Gasteiger partial charge in [-0.1, -0.05) is 11.6 Å². The molecule has 1 aromatic carbocycles. The summed E-state index contributed by atoms with van der Waals surface area (Å²) in [6.07, 6.45) is -19.1. The molecule has 0 aliphatic heterocycles. The van der Waals surface area contributed by atoms with Crippen LogP contribution in [0.3, 0.4) is 0 Å². The normalized spacial score (nSPS) is 14.7. The molecule has 0 fully saturated rings. The minimum absolute atomic E-state index is 0.0776. The van der Waals surface area contributed by atoms with Crippen molar-refractivity contribution in [2.45, 2.75) is 72.9 Å². The van der Waals surface area contributed by atoms with Gasteiger partial charge >= 0.3 is 35.8 Å². The number of alkyl halides is 11. The van der Waals surface area contributed by atoms with Crippen LogP contribution in [0, 0.1) is 0 Å². The van der Waals surface area contributed by atoms with Gasteiger partial charge in [-0.2, -0.15) is 43.9 Å². The van der Waals surface area contributed by atoms with Crippen molar-refractivity contribution in [1.82, 2.24) is 4.72 Å². The van der Waals surface area contributed by atoms with Crippen LogP contribution >= 0.6 is 22.9 Å². The monoisotopic (exact) mass is 669 g/mol. The van der Waals surface area contributed by atoms with Crippen molar-refractivity contribution in [2.75, 3.05) is 0 Å². The molecule has 0 bridgehead atoms. The summed E-state index contributed by atoms with van der Waals surface area (Å²) in [7, 11) is -4.67. The molecule has 0 aliphatic rings. The maximum Gasteiger partial charge on any atom is 0.438 e. The Labute approximate surface area is 234 Å². The summed E-state index contributed by atoms with van der Waals surface area (Å²) in [6.45, 7) is 0. The van der Waals surface area contributed by atoms with E-state index in [2.05, 4.69) is 0 Å². The van der Waals surface area contributed by atoms with E-state index in [9.17, 15) is 61.5 Å². The second kappa shape index (κ2) is 12.2. The molecule has 5 nitrogen and oxygen atoms in total. The number of carbonyl (C=O) groups is 1. The second-order valence-corrected chi connectivity index (χ2v) is 12.0. The van der Waals surface area contributed by atoms with E-state index < -0.39 is 69.6 Å². The molecule has 1 aromatic heterocycles. The Hall–Kier alpha value is -2.18. The zero-order chi connectivity index (χ0) is 31.7. The van der Waals surface area contributed by atoms with Crippen LogP contribution in [-0.4, -0.2) is 49.4 Å². The molecule has 1 heterocycles. The highest BCUT2D eigenvalue weighted by Crippen LogP contribution is 2.60. The number of hydrogen-bond acceptors (Lipinski definition) is 4. The number of rotatable bonds is 13. The summed E-state index contributed by atoms with van der Waals surface area (Å²) in [6, 6.07) is 4.65. The van der Waals surface area contributed by atoms with Gasteiger partial charge in [-0.15, -0.1) is 11.3 Å². The van der Waals surface area contributed by atoms with E-state index in [0.717, 1.165) is 30.3 Å². The van der Waals surface area contributed by atoms with E-state index in [-0.39, 0.29) is 29.2 Å². The standard InChI is InChI=1S/C22H19ClF11NO4S2/c23-12-4-7-14(8-5-12)41(38,39)35-15(16-9-6-13(40-16)2-1-3-17(36)37)10-11-18(24,25)20(27,28)19(26,21(29,30)31)22(32,33)34/h4-9,15,35H,1-3,10-11H2,(H,36,37). The predicted molar refractivity (Wildman–Crippen MR) is 124 cm³/mol. The van der Waals surface area contributed by atoms with Gasteiger partial charge in [-0.25, -0.2) is 17.5 Å². The van der Waals surface area contributed by atoms with Crippen LogP contribution in [0.5, 0.6) is 0 Å². The molecule has 0 aliphatic carbocycles. The number of halogens is 12. The zero-order valence-electron chi connectivity index (χ0n) is 20.1. The smallest absolute Gasteiger partial charge is 0.438 e. The topological polar surface area (TPSA) is 83.5 Å². The Morgan fingerprint density at radius 1 is 0.902 bits per heavy atom. The quantitative estimate of drug-likeness (QED) is 0.214. The fourth-order valence-corrected chi connectivity index (χ4v) is 6.10.